The Labute approximate surface area is 237 Å². The van der Waals surface area contributed by atoms with E-state index in [0.717, 1.165) is 53.1 Å². The number of halogens is 3. The van der Waals surface area contributed by atoms with E-state index in [1.165, 1.54) is 17.4 Å². The molecule has 3 rings (SSSR count). The summed E-state index contributed by atoms with van der Waals surface area (Å²) in [5, 5.41) is 13.5. The molecule has 0 unspecified atom stereocenters. The molecule has 1 aliphatic rings. The Bertz CT molecular complexity index is 1330. The largest absolute Gasteiger partial charge is 0.416 e. The van der Waals surface area contributed by atoms with Gasteiger partial charge in [-0.05, 0) is 62.9 Å². The Hall–Kier alpha value is -3.50. The number of rotatable bonds is 8. The lowest BCUT2D eigenvalue weighted by atomic mass is 10.0. The van der Waals surface area contributed by atoms with Gasteiger partial charge in [-0.2, -0.15) is 13.2 Å². The van der Waals surface area contributed by atoms with Crippen LogP contribution in [0.1, 0.15) is 73.0 Å². The van der Waals surface area contributed by atoms with E-state index in [1.54, 1.807) is 24.7 Å². The summed E-state index contributed by atoms with van der Waals surface area (Å²) in [5.74, 6) is -0.373. The average molecular weight is 576 g/mol. The highest BCUT2D eigenvalue weighted by Gasteiger charge is 2.31. The molecule has 1 aliphatic heterocycles. The van der Waals surface area contributed by atoms with Gasteiger partial charge in [0.15, 0.2) is 5.78 Å². The molecule has 0 aliphatic carbocycles. The van der Waals surface area contributed by atoms with Gasteiger partial charge < -0.3 is 15.3 Å². The lowest BCUT2D eigenvalue weighted by Crippen LogP contribution is -2.18. The molecule has 6 nitrogen and oxygen atoms in total. The van der Waals surface area contributed by atoms with Gasteiger partial charge in [0.2, 0.25) is 0 Å². The Balaban J connectivity index is 0.000000319. The van der Waals surface area contributed by atoms with E-state index in [4.69, 9.17) is 0 Å². The van der Waals surface area contributed by atoms with Gasteiger partial charge in [0, 0.05) is 41.0 Å². The van der Waals surface area contributed by atoms with Crippen molar-refractivity contribution in [3.8, 4) is 0 Å². The van der Waals surface area contributed by atoms with Crippen LogP contribution in [-0.4, -0.2) is 35.0 Å². The van der Waals surface area contributed by atoms with E-state index >= 15 is 0 Å². The molecule has 2 N–H and O–H groups in total. The highest BCUT2D eigenvalue weighted by molar-refractivity contribution is 7.10. The number of carbonyl (C=O) groups excluding carboxylic acids is 2. The van der Waals surface area contributed by atoms with Crippen LogP contribution in [0.5, 0.6) is 0 Å². The van der Waals surface area contributed by atoms with Crippen LogP contribution >= 0.6 is 11.3 Å². The predicted octanol–water partition coefficient (Wildman–Crippen LogP) is 7.31. The van der Waals surface area contributed by atoms with Crippen LogP contribution in [0.15, 0.2) is 63.9 Å². The smallest absolute Gasteiger partial charge is 0.392 e. The van der Waals surface area contributed by atoms with Gasteiger partial charge in [-0.15, -0.1) is 11.3 Å². The van der Waals surface area contributed by atoms with Crippen LogP contribution in [0.3, 0.4) is 0 Å². The second-order valence-electron chi connectivity index (χ2n) is 9.45. The van der Waals surface area contributed by atoms with Crippen molar-refractivity contribution >= 4 is 34.9 Å². The number of aliphatic imine (C=N–C) groups is 1. The Morgan fingerprint density at radius 2 is 1.85 bits per heavy atom. The summed E-state index contributed by atoms with van der Waals surface area (Å²) in [4.78, 5) is 31.1. The first-order valence-corrected chi connectivity index (χ1v) is 13.8. The maximum Gasteiger partial charge on any atom is 0.416 e. The average Bonchev–Trinajstić information content (AvgIpc) is 3.30. The number of ketones is 1. The van der Waals surface area contributed by atoms with Crippen LogP contribution in [0.25, 0.3) is 0 Å². The Morgan fingerprint density at radius 1 is 1.15 bits per heavy atom. The molecule has 0 atom stereocenters. The monoisotopic (exact) mass is 575 g/mol. The fraction of sp³-hybridized carbons (Fsp3) is 0.367. The number of hydrogen-bond donors (Lipinski definition) is 2. The van der Waals surface area contributed by atoms with Crippen molar-refractivity contribution in [2.45, 2.75) is 66.7 Å². The Morgan fingerprint density at radius 3 is 2.38 bits per heavy atom. The number of nitrogens with one attached hydrogen (secondary N) is 1. The molecule has 0 spiro atoms. The van der Waals surface area contributed by atoms with E-state index in [1.807, 2.05) is 51.9 Å². The van der Waals surface area contributed by atoms with Crippen LogP contribution in [0, 0.1) is 0 Å². The molecule has 0 bridgehead atoms. The zero-order valence-corrected chi connectivity index (χ0v) is 24.5. The number of nitrogens with zero attached hydrogens (tertiary/aromatic N) is 2. The molecule has 40 heavy (non-hydrogen) atoms. The highest BCUT2D eigenvalue weighted by Crippen LogP contribution is 2.33. The number of Topliss-reactive ketones (excluding diaryl/α,β-unsaturated/α-hetero) is 1. The number of benzene rings is 1. The number of carbonyl (C=O) groups is 2. The molecule has 0 saturated carbocycles. The lowest BCUT2D eigenvalue weighted by molar-refractivity contribution is -0.137. The molecule has 216 valence electrons. The quantitative estimate of drug-likeness (QED) is 0.324. The molecule has 2 heterocycles. The van der Waals surface area contributed by atoms with Crippen molar-refractivity contribution in [1.82, 2.24) is 4.90 Å². The summed E-state index contributed by atoms with van der Waals surface area (Å²) in [7, 11) is 1.90. The van der Waals surface area contributed by atoms with E-state index in [-0.39, 0.29) is 17.0 Å². The van der Waals surface area contributed by atoms with Gasteiger partial charge in [-0.1, -0.05) is 31.9 Å². The van der Waals surface area contributed by atoms with Crippen LogP contribution < -0.4 is 5.32 Å². The summed E-state index contributed by atoms with van der Waals surface area (Å²) in [6.45, 7) is 9.00. The van der Waals surface area contributed by atoms with Crippen molar-refractivity contribution in [3.05, 3.63) is 86.0 Å². The number of anilines is 1. The fourth-order valence-electron chi connectivity index (χ4n) is 3.98. The summed E-state index contributed by atoms with van der Waals surface area (Å²) in [5.41, 5.74) is 3.33. The number of aliphatic hydroxyl groups excluding tert-OH is 1. The van der Waals surface area contributed by atoms with E-state index in [2.05, 4.69) is 10.3 Å². The fourth-order valence-corrected chi connectivity index (χ4v) is 5.01. The van der Waals surface area contributed by atoms with Gasteiger partial charge in [0.25, 0.3) is 5.91 Å². The molecular formula is C30H36F3N3O3S. The number of aryl methyl sites for hydroxylation is 1. The highest BCUT2D eigenvalue weighted by atomic mass is 32.1. The van der Waals surface area contributed by atoms with Gasteiger partial charge in [-0.3, -0.25) is 14.6 Å². The number of aliphatic hydroxyl groups is 1. The van der Waals surface area contributed by atoms with Crippen molar-refractivity contribution in [1.29, 1.82) is 0 Å². The van der Waals surface area contributed by atoms with Crippen molar-refractivity contribution in [3.63, 3.8) is 0 Å². The SMILES string of the molecule is CC(=O)/C(C=C(C)C)=C1\C=NC=CN1C.CCCc1c(C(=O)Nc2cc(CO)cc(C(F)(F)F)c2)csc1CC. The molecule has 10 heteroatoms. The van der Waals surface area contributed by atoms with E-state index < -0.39 is 24.3 Å². The molecule has 1 aromatic carbocycles. The summed E-state index contributed by atoms with van der Waals surface area (Å²) >= 11 is 1.49. The third-order valence-corrected chi connectivity index (χ3v) is 7.02. The maximum atomic E-state index is 13.0. The van der Waals surface area contributed by atoms with Crippen LogP contribution in [-0.2, 0) is 30.4 Å². The molecule has 1 amide bonds. The van der Waals surface area contributed by atoms with Gasteiger partial charge >= 0.3 is 6.18 Å². The normalized spacial score (nSPS) is 13.9. The molecule has 0 radical (unpaired) electrons. The standard InChI is InChI=1S/C18H20F3NO2S.C12H16N2O/c1-3-5-14-15(10-25-16(14)4-2)17(24)22-13-7-11(9-23)6-12(8-13)18(19,20)21;1-9(2)7-11(10(3)15)12-8-13-5-6-14(12)4/h6-8,10,23H,3-5,9H2,1-2H3,(H,22,24);5-8H,1-4H3/b;12-11+. The topological polar surface area (TPSA) is 82.0 Å². The van der Waals surface area contributed by atoms with Gasteiger partial charge in [0.1, 0.15) is 0 Å². The first-order chi connectivity index (χ1) is 18.8. The van der Waals surface area contributed by atoms with Crippen molar-refractivity contribution in [2.24, 2.45) is 4.99 Å². The van der Waals surface area contributed by atoms with E-state index in [9.17, 15) is 27.9 Å². The third kappa shape index (κ3) is 9.02. The van der Waals surface area contributed by atoms with Gasteiger partial charge in [-0.25, -0.2) is 0 Å². The molecule has 0 fully saturated rings. The zero-order chi connectivity index (χ0) is 30.0. The summed E-state index contributed by atoms with van der Waals surface area (Å²) < 4.78 is 38.9. The molecular weight excluding hydrogens is 539 g/mol. The predicted molar refractivity (Wildman–Crippen MR) is 156 cm³/mol. The second kappa shape index (κ2) is 14.8. The van der Waals surface area contributed by atoms with Gasteiger partial charge in [0.05, 0.1) is 29.6 Å². The lowest BCUT2D eigenvalue weighted by Gasteiger charge is -2.19. The number of alkyl halides is 3. The minimum Gasteiger partial charge on any atom is -0.392 e. The third-order valence-electron chi connectivity index (χ3n) is 5.85. The van der Waals surface area contributed by atoms with Crippen molar-refractivity contribution in [2.75, 3.05) is 12.4 Å². The van der Waals surface area contributed by atoms with E-state index in [0.29, 0.717) is 11.1 Å². The first-order valence-electron chi connectivity index (χ1n) is 12.9. The molecule has 0 saturated heterocycles. The molecule has 1 aromatic heterocycles. The second-order valence-corrected chi connectivity index (χ2v) is 10.4. The maximum absolute atomic E-state index is 13.0. The van der Waals surface area contributed by atoms with Crippen molar-refractivity contribution < 1.29 is 27.9 Å². The minimum absolute atomic E-state index is 0.0237. The zero-order valence-electron chi connectivity index (χ0n) is 23.6. The number of allylic oxidation sites excluding steroid dienone is 4. The van der Waals surface area contributed by atoms with Crippen LogP contribution in [0.2, 0.25) is 0 Å². The number of thiophene rings is 1. The summed E-state index contributed by atoms with van der Waals surface area (Å²) in [6.07, 6.45) is 5.01. The number of amides is 1. The minimum atomic E-state index is -4.55. The number of hydrogen-bond acceptors (Lipinski definition) is 6. The van der Waals surface area contributed by atoms with Crippen LogP contribution in [0.4, 0.5) is 18.9 Å². The first kappa shape index (κ1) is 32.7. The Kier molecular flexibility index (Phi) is 12.1. The molecule has 2 aromatic rings. The summed E-state index contributed by atoms with van der Waals surface area (Å²) in [6, 6.07) is 3.10.